The maximum atomic E-state index is 13.2. The molecule has 9 nitrogen and oxygen atoms in total. The van der Waals surface area contributed by atoms with Gasteiger partial charge in [-0.15, -0.1) is 0 Å². The van der Waals surface area contributed by atoms with Crippen molar-refractivity contribution in [3.63, 3.8) is 0 Å². The summed E-state index contributed by atoms with van der Waals surface area (Å²) < 4.78 is 29.5. The maximum absolute atomic E-state index is 13.2. The second-order valence-electron chi connectivity index (χ2n) is 8.04. The van der Waals surface area contributed by atoms with Gasteiger partial charge in [0, 0.05) is 37.1 Å². The Morgan fingerprint density at radius 3 is 2.52 bits per heavy atom. The summed E-state index contributed by atoms with van der Waals surface area (Å²) >= 11 is 0. The second kappa shape index (κ2) is 6.81. The number of carboxylic acid groups (broad SMARTS) is 1. The van der Waals surface area contributed by atoms with Gasteiger partial charge >= 0.3 is 6.09 Å². The van der Waals surface area contributed by atoms with Gasteiger partial charge in [-0.3, -0.25) is 4.40 Å². The van der Waals surface area contributed by atoms with Crippen molar-refractivity contribution in [2.75, 3.05) is 13.1 Å². The van der Waals surface area contributed by atoms with Crippen molar-refractivity contribution < 1.29 is 18.3 Å². The Kier molecular flexibility index (Phi) is 4.30. The lowest BCUT2D eigenvalue weighted by Gasteiger charge is -2.14. The molecule has 2 atom stereocenters. The minimum absolute atomic E-state index is 0.0474. The Labute approximate surface area is 178 Å². The summed E-state index contributed by atoms with van der Waals surface area (Å²) in [7, 11) is -3.82. The van der Waals surface area contributed by atoms with Gasteiger partial charge in [-0.25, -0.2) is 27.2 Å². The third-order valence-corrected chi connectivity index (χ3v) is 7.69. The van der Waals surface area contributed by atoms with Gasteiger partial charge in [-0.05, 0) is 31.0 Å². The topological polar surface area (TPSA) is 110 Å². The number of aromatic nitrogens is 4. The molecule has 1 aliphatic heterocycles. The van der Waals surface area contributed by atoms with E-state index in [0.29, 0.717) is 29.9 Å². The van der Waals surface area contributed by atoms with E-state index >= 15 is 0 Å². The van der Waals surface area contributed by atoms with Crippen LogP contribution in [-0.4, -0.2) is 55.9 Å². The number of aryl methyl sites for hydroxylation is 1. The average molecular weight is 439 g/mol. The van der Waals surface area contributed by atoms with Crippen LogP contribution in [0.2, 0.25) is 0 Å². The summed E-state index contributed by atoms with van der Waals surface area (Å²) in [5, 5.41) is 9.37. The fraction of sp³-hybridized carbons (Fsp3) is 0.286. The highest BCUT2D eigenvalue weighted by molar-refractivity contribution is 7.90. The van der Waals surface area contributed by atoms with Gasteiger partial charge in [-0.2, -0.15) is 0 Å². The van der Waals surface area contributed by atoms with Crippen molar-refractivity contribution in [3.8, 4) is 0 Å². The standard InChI is InChI=1S/C21H21N5O4S/c1-13-3-5-15(6-4-13)31(29,30)25-8-7-17-20(25)23-10-19-22-9-18(26(17)19)16-12-24(21(27)28)11-14(16)2/h3-10,14,16H,11-12H2,1-2H3,(H,27,28). The van der Waals surface area contributed by atoms with E-state index in [4.69, 9.17) is 0 Å². The predicted octanol–water partition coefficient (Wildman–Crippen LogP) is 2.94. The van der Waals surface area contributed by atoms with Crippen molar-refractivity contribution in [1.82, 2.24) is 23.2 Å². The van der Waals surface area contributed by atoms with Gasteiger partial charge in [0.05, 0.1) is 16.6 Å². The number of likely N-dealkylation sites (tertiary alicyclic amines) is 1. The van der Waals surface area contributed by atoms with E-state index in [2.05, 4.69) is 9.97 Å². The van der Waals surface area contributed by atoms with Crippen LogP contribution in [0.1, 0.15) is 24.1 Å². The molecule has 0 saturated carbocycles. The van der Waals surface area contributed by atoms with Crippen LogP contribution in [0.3, 0.4) is 0 Å². The maximum Gasteiger partial charge on any atom is 0.407 e. The number of carbonyl (C=O) groups is 1. The molecule has 5 rings (SSSR count). The molecule has 1 saturated heterocycles. The number of nitrogens with zero attached hydrogens (tertiary/aromatic N) is 5. The molecule has 1 fully saturated rings. The van der Waals surface area contributed by atoms with E-state index in [1.807, 2.05) is 18.2 Å². The smallest absolute Gasteiger partial charge is 0.407 e. The number of benzene rings is 1. The number of rotatable bonds is 3. The third-order valence-electron chi connectivity index (χ3n) is 6.01. The molecule has 4 aromatic rings. The summed E-state index contributed by atoms with van der Waals surface area (Å²) in [4.78, 5) is 21.8. The summed E-state index contributed by atoms with van der Waals surface area (Å²) in [5.74, 6) is 0.0614. The normalized spacial score (nSPS) is 19.5. The van der Waals surface area contributed by atoms with Crippen LogP contribution in [0.5, 0.6) is 0 Å². The van der Waals surface area contributed by atoms with Crippen LogP contribution in [0, 0.1) is 12.8 Å². The zero-order valence-corrected chi connectivity index (χ0v) is 17.8. The molecule has 31 heavy (non-hydrogen) atoms. The van der Waals surface area contributed by atoms with Crippen molar-refractivity contribution >= 4 is 32.9 Å². The average Bonchev–Trinajstić information content (AvgIpc) is 3.43. The highest BCUT2D eigenvalue weighted by Crippen LogP contribution is 2.34. The van der Waals surface area contributed by atoms with Gasteiger partial charge in [0.2, 0.25) is 0 Å². The van der Waals surface area contributed by atoms with E-state index in [-0.39, 0.29) is 16.7 Å². The Hall–Kier alpha value is -3.40. The first kappa shape index (κ1) is 19.6. The molecule has 4 heterocycles. The Balaban J connectivity index is 1.66. The van der Waals surface area contributed by atoms with Crippen LogP contribution in [0.25, 0.3) is 16.8 Å². The molecular weight excluding hydrogens is 418 g/mol. The summed E-state index contributed by atoms with van der Waals surface area (Å²) in [6, 6.07) is 8.39. The summed E-state index contributed by atoms with van der Waals surface area (Å²) in [5.41, 5.74) is 3.33. The van der Waals surface area contributed by atoms with Gasteiger partial charge < -0.3 is 10.0 Å². The lowest BCUT2D eigenvalue weighted by molar-refractivity contribution is 0.154. The molecule has 0 radical (unpaired) electrons. The minimum Gasteiger partial charge on any atom is -0.465 e. The third kappa shape index (κ3) is 2.97. The molecule has 0 spiro atoms. The molecule has 1 amide bonds. The first-order valence-corrected chi connectivity index (χ1v) is 11.3. The van der Waals surface area contributed by atoms with Crippen LogP contribution in [0.15, 0.2) is 53.8 Å². The molecule has 1 N–H and O–H groups in total. The van der Waals surface area contributed by atoms with E-state index in [1.165, 1.54) is 15.1 Å². The number of fused-ring (bicyclic) bond motifs is 3. The minimum atomic E-state index is -3.82. The predicted molar refractivity (Wildman–Crippen MR) is 114 cm³/mol. The van der Waals surface area contributed by atoms with Crippen molar-refractivity contribution in [3.05, 3.63) is 60.2 Å². The van der Waals surface area contributed by atoms with E-state index in [0.717, 1.165) is 11.3 Å². The van der Waals surface area contributed by atoms with E-state index < -0.39 is 16.1 Å². The number of amides is 1. The first-order valence-electron chi connectivity index (χ1n) is 9.91. The monoisotopic (exact) mass is 439 g/mol. The summed E-state index contributed by atoms with van der Waals surface area (Å²) in [6.07, 6.45) is 3.83. The van der Waals surface area contributed by atoms with E-state index in [9.17, 15) is 18.3 Å². The van der Waals surface area contributed by atoms with Crippen LogP contribution >= 0.6 is 0 Å². The zero-order valence-electron chi connectivity index (χ0n) is 17.0. The van der Waals surface area contributed by atoms with Crippen molar-refractivity contribution in [1.29, 1.82) is 0 Å². The Morgan fingerprint density at radius 2 is 1.84 bits per heavy atom. The fourth-order valence-corrected chi connectivity index (χ4v) is 5.63. The second-order valence-corrected chi connectivity index (χ2v) is 9.86. The Morgan fingerprint density at radius 1 is 1.10 bits per heavy atom. The molecule has 3 aromatic heterocycles. The van der Waals surface area contributed by atoms with Gasteiger partial charge in [0.15, 0.2) is 11.3 Å². The lowest BCUT2D eigenvalue weighted by Crippen LogP contribution is -2.26. The first-order chi connectivity index (χ1) is 14.8. The van der Waals surface area contributed by atoms with Crippen LogP contribution in [-0.2, 0) is 10.0 Å². The van der Waals surface area contributed by atoms with E-state index in [1.54, 1.807) is 42.7 Å². The SMILES string of the molecule is Cc1ccc(S(=O)(=O)n2ccc3c2ncc2ncc(C4CN(C(=O)O)CC4C)n23)cc1. The fourth-order valence-electron chi connectivity index (χ4n) is 4.33. The van der Waals surface area contributed by atoms with Crippen LogP contribution in [0.4, 0.5) is 4.79 Å². The molecule has 2 unspecified atom stereocenters. The summed E-state index contributed by atoms with van der Waals surface area (Å²) in [6.45, 7) is 4.73. The van der Waals surface area contributed by atoms with Crippen molar-refractivity contribution in [2.24, 2.45) is 5.92 Å². The number of hydrogen-bond donors (Lipinski definition) is 1. The highest BCUT2D eigenvalue weighted by Gasteiger charge is 2.35. The van der Waals surface area contributed by atoms with Crippen molar-refractivity contribution in [2.45, 2.75) is 24.7 Å². The van der Waals surface area contributed by atoms with Crippen LogP contribution < -0.4 is 0 Å². The largest absolute Gasteiger partial charge is 0.465 e. The number of hydrogen-bond acceptors (Lipinski definition) is 5. The molecule has 160 valence electrons. The molecule has 0 bridgehead atoms. The highest BCUT2D eigenvalue weighted by atomic mass is 32.2. The molecule has 0 aliphatic carbocycles. The Bertz CT molecular complexity index is 1420. The zero-order chi connectivity index (χ0) is 21.9. The quantitative estimate of drug-likeness (QED) is 0.526. The van der Waals surface area contributed by atoms with Gasteiger partial charge in [-0.1, -0.05) is 24.6 Å². The molecule has 1 aromatic carbocycles. The van der Waals surface area contributed by atoms with Gasteiger partial charge in [0.1, 0.15) is 0 Å². The van der Waals surface area contributed by atoms with Gasteiger partial charge in [0.25, 0.3) is 10.0 Å². The number of imidazole rings is 1. The lowest BCUT2D eigenvalue weighted by atomic mass is 9.95. The molecular formula is C21H21N5O4S. The molecule has 10 heteroatoms. The molecule has 1 aliphatic rings.